The van der Waals surface area contributed by atoms with Gasteiger partial charge >= 0.3 is 0 Å². The molecule has 3 aromatic rings. The maximum absolute atomic E-state index is 13.9. The molecule has 0 unspecified atom stereocenters. The Bertz CT molecular complexity index is 903. The lowest BCUT2D eigenvalue weighted by molar-refractivity contribution is 0.0925. The van der Waals surface area contributed by atoms with E-state index in [0.717, 1.165) is 11.2 Å². The van der Waals surface area contributed by atoms with Crippen LogP contribution < -0.4 is 5.32 Å². The van der Waals surface area contributed by atoms with E-state index in [1.54, 1.807) is 18.3 Å². The number of hydrogen-bond donors (Lipinski definition) is 1. The fourth-order valence-electron chi connectivity index (χ4n) is 2.93. The predicted octanol–water partition coefficient (Wildman–Crippen LogP) is 3.62. The van der Waals surface area contributed by atoms with E-state index in [4.69, 9.17) is 0 Å². The Labute approximate surface area is 145 Å². The molecule has 3 rings (SSSR count). The Morgan fingerprint density at radius 1 is 1.24 bits per heavy atom. The molecule has 0 aliphatic heterocycles. The molecule has 0 aliphatic carbocycles. The van der Waals surface area contributed by atoms with Crippen molar-refractivity contribution in [3.63, 3.8) is 0 Å². The molecule has 0 saturated heterocycles. The van der Waals surface area contributed by atoms with Gasteiger partial charge in [0.25, 0.3) is 5.91 Å². The number of rotatable bonds is 5. The molecule has 2 heterocycles. The lowest BCUT2D eigenvalue weighted by Gasteiger charge is -2.20. The molecule has 1 N–H and O–H groups in total. The molecule has 0 bridgehead atoms. The molecule has 0 aliphatic rings. The van der Waals surface area contributed by atoms with Crippen molar-refractivity contribution in [3.05, 3.63) is 59.8 Å². The second kappa shape index (κ2) is 7.01. The number of halogens is 1. The Kier molecular flexibility index (Phi) is 4.79. The number of carbonyl (C=O) groups excluding carboxylic acids is 1. The van der Waals surface area contributed by atoms with E-state index in [0.29, 0.717) is 18.2 Å². The van der Waals surface area contributed by atoms with Crippen LogP contribution in [0.5, 0.6) is 0 Å². The number of amides is 1. The normalized spacial score (nSPS) is 12.5. The van der Waals surface area contributed by atoms with E-state index in [1.165, 1.54) is 12.1 Å². The van der Waals surface area contributed by atoms with Crippen molar-refractivity contribution >= 4 is 17.1 Å². The first-order chi connectivity index (χ1) is 12.0. The molecule has 0 spiro atoms. The van der Waals surface area contributed by atoms with Crippen LogP contribution in [0.15, 0.2) is 42.6 Å². The molecule has 130 valence electrons. The fourth-order valence-corrected chi connectivity index (χ4v) is 2.93. The molecule has 0 fully saturated rings. The van der Waals surface area contributed by atoms with Gasteiger partial charge in [-0.05, 0) is 36.6 Å². The van der Waals surface area contributed by atoms with Gasteiger partial charge in [-0.15, -0.1) is 0 Å². The highest BCUT2D eigenvalue weighted by Gasteiger charge is 2.23. The zero-order chi connectivity index (χ0) is 18.0. The van der Waals surface area contributed by atoms with Crippen LogP contribution in [0.25, 0.3) is 11.2 Å². The minimum Gasteiger partial charge on any atom is -0.342 e. The molecule has 1 atom stereocenters. The first-order valence-electron chi connectivity index (χ1n) is 8.30. The summed E-state index contributed by atoms with van der Waals surface area (Å²) in [6.45, 7) is 4.15. The lowest BCUT2D eigenvalue weighted by atomic mass is 10.0. The van der Waals surface area contributed by atoms with Crippen molar-refractivity contribution < 1.29 is 9.18 Å². The summed E-state index contributed by atoms with van der Waals surface area (Å²) in [5.41, 5.74) is 1.56. The summed E-state index contributed by atoms with van der Waals surface area (Å²) in [5.74, 6) is 0.0736. The molecule has 1 amide bonds. The van der Waals surface area contributed by atoms with Gasteiger partial charge in [-0.25, -0.2) is 14.4 Å². The summed E-state index contributed by atoms with van der Waals surface area (Å²) in [6.07, 6.45) is 2.40. The van der Waals surface area contributed by atoms with Crippen molar-refractivity contribution in [2.24, 2.45) is 13.0 Å². The summed E-state index contributed by atoms with van der Waals surface area (Å²) in [6, 6.07) is 9.36. The van der Waals surface area contributed by atoms with E-state index in [9.17, 15) is 9.18 Å². The number of nitrogens with one attached hydrogen (secondary N) is 1. The van der Waals surface area contributed by atoms with Gasteiger partial charge in [-0.2, -0.15) is 0 Å². The Hall–Kier alpha value is -2.76. The topological polar surface area (TPSA) is 59.8 Å². The number of nitrogens with zero attached hydrogens (tertiary/aromatic N) is 3. The van der Waals surface area contributed by atoms with E-state index in [2.05, 4.69) is 29.1 Å². The summed E-state index contributed by atoms with van der Waals surface area (Å²) in [5, 5.41) is 2.93. The average Bonchev–Trinajstić information content (AvgIpc) is 2.91. The van der Waals surface area contributed by atoms with Gasteiger partial charge in [0.15, 0.2) is 5.65 Å². The largest absolute Gasteiger partial charge is 0.342 e. The van der Waals surface area contributed by atoms with Crippen molar-refractivity contribution in [2.75, 3.05) is 0 Å². The first-order valence-corrected chi connectivity index (χ1v) is 8.30. The number of aromatic nitrogens is 3. The van der Waals surface area contributed by atoms with Crippen molar-refractivity contribution in [3.8, 4) is 0 Å². The number of imidazole rings is 1. The highest BCUT2D eigenvalue weighted by molar-refractivity contribution is 5.94. The van der Waals surface area contributed by atoms with Crippen LogP contribution in [0, 0.1) is 11.7 Å². The number of pyridine rings is 1. The van der Waals surface area contributed by atoms with Gasteiger partial charge in [0, 0.05) is 13.2 Å². The van der Waals surface area contributed by atoms with Crippen molar-refractivity contribution in [2.45, 2.75) is 26.3 Å². The lowest BCUT2D eigenvalue weighted by Crippen LogP contribution is -2.31. The average molecular weight is 340 g/mol. The first kappa shape index (κ1) is 17.1. The SMILES string of the molecule is CC(C)C[C@@H](NC(=O)c1ccccc1F)c1nc2cccnc2n1C. The zero-order valence-electron chi connectivity index (χ0n) is 14.5. The van der Waals surface area contributed by atoms with Crippen LogP contribution >= 0.6 is 0 Å². The van der Waals surface area contributed by atoms with Gasteiger partial charge in [0.05, 0.1) is 11.6 Å². The van der Waals surface area contributed by atoms with E-state index < -0.39 is 11.7 Å². The number of benzene rings is 1. The maximum atomic E-state index is 13.9. The fraction of sp³-hybridized carbons (Fsp3) is 0.316. The number of carbonyl (C=O) groups is 1. The van der Waals surface area contributed by atoms with Crippen LogP contribution in [0.1, 0.15) is 42.5 Å². The standard InChI is InChI=1S/C19H21FN4O/c1-12(2)11-16(23-19(25)13-7-4-5-8-14(13)20)18-22-15-9-6-10-21-17(15)24(18)3/h4-10,12,16H,11H2,1-3H3,(H,23,25)/t16-/m1/s1. The molecule has 6 heteroatoms. The van der Waals surface area contributed by atoms with Crippen molar-refractivity contribution in [1.29, 1.82) is 0 Å². The van der Waals surface area contributed by atoms with Gasteiger partial charge in [0.2, 0.25) is 0 Å². The van der Waals surface area contributed by atoms with Crippen LogP contribution in [-0.2, 0) is 7.05 Å². The monoisotopic (exact) mass is 340 g/mol. The summed E-state index contributed by atoms with van der Waals surface area (Å²) < 4.78 is 15.8. The summed E-state index contributed by atoms with van der Waals surface area (Å²) in [4.78, 5) is 21.5. The minimum atomic E-state index is -0.532. The summed E-state index contributed by atoms with van der Waals surface area (Å²) >= 11 is 0. The van der Waals surface area contributed by atoms with Crippen LogP contribution in [0.3, 0.4) is 0 Å². The molecule has 0 saturated carbocycles. The zero-order valence-corrected chi connectivity index (χ0v) is 14.5. The Morgan fingerprint density at radius 2 is 2.00 bits per heavy atom. The molecule has 25 heavy (non-hydrogen) atoms. The predicted molar refractivity (Wildman–Crippen MR) is 94.6 cm³/mol. The Morgan fingerprint density at radius 3 is 2.68 bits per heavy atom. The van der Waals surface area contributed by atoms with E-state index in [-0.39, 0.29) is 11.6 Å². The second-order valence-corrected chi connectivity index (χ2v) is 6.51. The molecule has 5 nitrogen and oxygen atoms in total. The third kappa shape index (κ3) is 3.52. The highest BCUT2D eigenvalue weighted by Crippen LogP contribution is 2.24. The van der Waals surface area contributed by atoms with Crippen LogP contribution in [-0.4, -0.2) is 20.4 Å². The van der Waals surface area contributed by atoms with E-state index >= 15 is 0 Å². The minimum absolute atomic E-state index is 0.0353. The molecule has 2 aromatic heterocycles. The Balaban J connectivity index is 1.95. The number of aryl methyl sites for hydroxylation is 1. The quantitative estimate of drug-likeness (QED) is 0.772. The molecular weight excluding hydrogens is 319 g/mol. The molecule has 0 radical (unpaired) electrons. The maximum Gasteiger partial charge on any atom is 0.254 e. The smallest absolute Gasteiger partial charge is 0.254 e. The highest BCUT2D eigenvalue weighted by atomic mass is 19.1. The van der Waals surface area contributed by atoms with Gasteiger partial charge in [0.1, 0.15) is 17.2 Å². The second-order valence-electron chi connectivity index (χ2n) is 6.51. The van der Waals surface area contributed by atoms with Gasteiger partial charge < -0.3 is 9.88 Å². The van der Waals surface area contributed by atoms with Crippen molar-refractivity contribution in [1.82, 2.24) is 19.9 Å². The third-order valence-electron chi connectivity index (χ3n) is 4.11. The van der Waals surface area contributed by atoms with Crippen LogP contribution in [0.2, 0.25) is 0 Å². The third-order valence-corrected chi connectivity index (χ3v) is 4.11. The van der Waals surface area contributed by atoms with Gasteiger partial charge in [-0.1, -0.05) is 26.0 Å². The summed E-state index contributed by atoms with van der Waals surface area (Å²) in [7, 11) is 1.88. The van der Waals surface area contributed by atoms with E-state index in [1.807, 2.05) is 23.7 Å². The van der Waals surface area contributed by atoms with Gasteiger partial charge in [-0.3, -0.25) is 4.79 Å². The molecular formula is C19H21FN4O. The number of fused-ring (bicyclic) bond motifs is 1. The molecule has 1 aromatic carbocycles. The van der Waals surface area contributed by atoms with Crippen LogP contribution in [0.4, 0.5) is 4.39 Å². The number of hydrogen-bond acceptors (Lipinski definition) is 3.